The van der Waals surface area contributed by atoms with Gasteiger partial charge in [-0.1, -0.05) is 12.1 Å². The molecule has 2 heterocycles. The molecule has 0 radical (unpaired) electrons. The summed E-state index contributed by atoms with van der Waals surface area (Å²) in [6.07, 6.45) is 4.18. The van der Waals surface area contributed by atoms with Gasteiger partial charge in [0.1, 0.15) is 25.6 Å². The maximum absolute atomic E-state index is 13.7. The van der Waals surface area contributed by atoms with Gasteiger partial charge < -0.3 is 14.8 Å². The molecule has 194 valence electrons. The van der Waals surface area contributed by atoms with Gasteiger partial charge in [0.25, 0.3) is 10.0 Å². The third-order valence-corrected chi connectivity index (χ3v) is 7.67. The van der Waals surface area contributed by atoms with Crippen LogP contribution in [-0.2, 0) is 21.2 Å². The summed E-state index contributed by atoms with van der Waals surface area (Å²) in [4.78, 5) is 16.9. The quantitative estimate of drug-likeness (QED) is 0.360. The Morgan fingerprint density at radius 3 is 2.24 bits per heavy atom. The number of amides is 1. The van der Waals surface area contributed by atoms with Crippen LogP contribution in [0.3, 0.4) is 0 Å². The molecular formula is C28H24FN3O5S. The van der Waals surface area contributed by atoms with Gasteiger partial charge in [0, 0.05) is 24.1 Å². The van der Waals surface area contributed by atoms with Crippen LogP contribution in [0, 0.1) is 5.82 Å². The normalized spacial score (nSPS) is 12.6. The molecule has 0 atom stereocenters. The zero-order chi connectivity index (χ0) is 26.5. The molecule has 1 N–H and O–H groups in total. The highest BCUT2D eigenvalue weighted by molar-refractivity contribution is 7.92. The number of halogens is 1. The van der Waals surface area contributed by atoms with Crippen LogP contribution < -0.4 is 19.1 Å². The molecule has 0 saturated heterocycles. The van der Waals surface area contributed by atoms with Crippen molar-refractivity contribution in [3.63, 3.8) is 0 Å². The van der Waals surface area contributed by atoms with Crippen LogP contribution in [0.5, 0.6) is 11.5 Å². The number of anilines is 2. The summed E-state index contributed by atoms with van der Waals surface area (Å²) in [5.74, 6) is -0.347. The number of benzene rings is 3. The number of hydrogen-bond donors (Lipinski definition) is 1. The Hall–Kier alpha value is -4.44. The van der Waals surface area contributed by atoms with Crippen molar-refractivity contribution in [3.05, 3.63) is 108 Å². The van der Waals surface area contributed by atoms with Crippen LogP contribution in [0.25, 0.3) is 0 Å². The van der Waals surface area contributed by atoms with Crippen LogP contribution in [-0.4, -0.2) is 39.1 Å². The first-order valence-electron chi connectivity index (χ1n) is 11.8. The summed E-state index contributed by atoms with van der Waals surface area (Å²) in [6, 6.07) is 20.3. The number of ether oxygens (including phenoxy) is 2. The highest BCUT2D eigenvalue weighted by atomic mass is 32.2. The fourth-order valence-corrected chi connectivity index (χ4v) is 5.44. The van der Waals surface area contributed by atoms with Crippen LogP contribution in [0.15, 0.2) is 96.2 Å². The number of rotatable bonds is 8. The van der Waals surface area contributed by atoms with Gasteiger partial charge in [0.2, 0.25) is 5.91 Å². The molecule has 0 spiro atoms. The molecule has 1 aliphatic heterocycles. The number of pyridine rings is 1. The molecule has 4 aromatic rings. The van der Waals surface area contributed by atoms with E-state index in [2.05, 4.69) is 10.3 Å². The summed E-state index contributed by atoms with van der Waals surface area (Å²) in [6.45, 7) is 0.134. The number of aromatic nitrogens is 1. The molecule has 0 fully saturated rings. The average Bonchev–Trinajstić information content (AvgIpc) is 2.93. The Balaban J connectivity index is 1.36. The molecule has 0 bridgehead atoms. The van der Waals surface area contributed by atoms with E-state index >= 15 is 0 Å². The number of nitrogens with zero attached hydrogens (tertiary/aromatic N) is 2. The number of carbonyl (C=O) groups is 1. The first-order chi connectivity index (χ1) is 18.4. The van der Waals surface area contributed by atoms with Gasteiger partial charge in [0.15, 0.2) is 11.5 Å². The third-order valence-electron chi connectivity index (χ3n) is 5.90. The summed E-state index contributed by atoms with van der Waals surface area (Å²) in [5.41, 5.74) is 2.81. The largest absolute Gasteiger partial charge is 0.486 e. The summed E-state index contributed by atoms with van der Waals surface area (Å²) in [7, 11) is -4.22. The lowest BCUT2D eigenvalue weighted by Crippen LogP contribution is -2.38. The second-order valence-corrected chi connectivity index (χ2v) is 10.4. The highest BCUT2D eigenvalue weighted by Gasteiger charge is 2.29. The Bertz CT molecular complexity index is 1530. The van der Waals surface area contributed by atoms with E-state index in [0.717, 1.165) is 27.6 Å². The van der Waals surface area contributed by atoms with Crippen molar-refractivity contribution < 1.29 is 27.1 Å². The van der Waals surface area contributed by atoms with Gasteiger partial charge in [-0.05, 0) is 78.2 Å². The van der Waals surface area contributed by atoms with Gasteiger partial charge in [-0.25, -0.2) is 12.8 Å². The van der Waals surface area contributed by atoms with Crippen molar-refractivity contribution in [2.24, 2.45) is 0 Å². The van der Waals surface area contributed by atoms with E-state index in [4.69, 9.17) is 9.47 Å². The fourth-order valence-electron chi connectivity index (χ4n) is 4.01. The van der Waals surface area contributed by atoms with E-state index < -0.39 is 28.3 Å². The van der Waals surface area contributed by atoms with E-state index in [1.807, 2.05) is 24.3 Å². The third kappa shape index (κ3) is 5.76. The molecule has 3 aromatic carbocycles. The molecule has 38 heavy (non-hydrogen) atoms. The summed E-state index contributed by atoms with van der Waals surface area (Å²) in [5, 5.41) is 2.74. The van der Waals surface area contributed by atoms with Crippen molar-refractivity contribution >= 4 is 27.3 Å². The van der Waals surface area contributed by atoms with Gasteiger partial charge in [-0.3, -0.25) is 14.1 Å². The molecular weight excluding hydrogens is 509 g/mol. The number of hydrogen-bond acceptors (Lipinski definition) is 6. The minimum Gasteiger partial charge on any atom is -0.486 e. The van der Waals surface area contributed by atoms with Crippen molar-refractivity contribution in [2.75, 3.05) is 29.4 Å². The van der Waals surface area contributed by atoms with E-state index in [0.29, 0.717) is 36.8 Å². The Labute approximate surface area is 219 Å². The maximum atomic E-state index is 13.7. The first kappa shape index (κ1) is 25.2. The van der Waals surface area contributed by atoms with Crippen LogP contribution in [0.2, 0.25) is 0 Å². The highest BCUT2D eigenvalue weighted by Crippen LogP contribution is 2.34. The lowest BCUT2D eigenvalue weighted by molar-refractivity contribution is -0.114. The molecule has 5 rings (SSSR count). The Kier molecular flexibility index (Phi) is 7.23. The monoisotopic (exact) mass is 533 g/mol. The van der Waals surface area contributed by atoms with Crippen molar-refractivity contribution in [2.45, 2.75) is 11.3 Å². The van der Waals surface area contributed by atoms with Gasteiger partial charge >= 0.3 is 0 Å². The smallest absolute Gasteiger partial charge is 0.264 e. The molecule has 0 aliphatic carbocycles. The number of fused-ring (bicyclic) bond motifs is 1. The predicted molar refractivity (Wildman–Crippen MR) is 140 cm³/mol. The average molecular weight is 534 g/mol. The Morgan fingerprint density at radius 2 is 1.53 bits per heavy atom. The first-order valence-corrected chi connectivity index (χ1v) is 13.3. The van der Waals surface area contributed by atoms with Crippen LogP contribution in [0.1, 0.15) is 11.1 Å². The Morgan fingerprint density at radius 1 is 0.868 bits per heavy atom. The molecule has 1 aromatic heterocycles. The van der Waals surface area contributed by atoms with Crippen molar-refractivity contribution in [1.82, 2.24) is 4.98 Å². The predicted octanol–water partition coefficient (Wildman–Crippen LogP) is 4.42. The second-order valence-electron chi connectivity index (χ2n) is 8.57. The van der Waals surface area contributed by atoms with Gasteiger partial charge in [-0.15, -0.1) is 0 Å². The van der Waals surface area contributed by atoms with E-state index in [1.54, 1.807) is 24.5 Å². The van der Waals surface area contributed by atoms with Gasteiger partial charge in [-0.2, -0.15) is 0 Å². The topological polar surface area (TPSA) is 97.8 Å². The van der Waals surface area contributed by atoms with E-state index in [1.165, 1.54) is 30.3 Å². The zero-order valence-corrected chi connectivity index (χ0v) is 21.0. The summed E-state index contributed by atoms with van der Waals surface area (Å²) >= 11 is 0. The number of nitrogens with one attached hydrogen (secondary N) is 1. The number of sulfonamides is 1. The lowest BCUT2D eigenvalue weighted by atomic mass is 10.1. The zero-order valence-electron chi connectivity index (χ0n) is 20.2. The van der Waals surface area contributed by atoms with E-state index in [9.17, 15) is 17.6 Å². The van der Waals surface area contributed by atoms with Crippen LogP contribution >= 0.6 is 0 Å². The minimum atomic E-state index is -4.22. The van der Waals surface area contributed by atoms with Crippen molar-refractivity contribution in [1.29, 1.82) is 0 Å². The number of carbonyl (C=O) groups excluding carboxylic acids is 1. The van der Waals surface area contributed by atoms with Crippen LogP contribution in [0.4, 0.5) is 15.8 Å². The molecule has 1 aliphatic rings. The lowest BCUT2D eigenvalue weighted by Gasteiger charge is -2.25. The molecule has 8 nitrogen and oxygen atoms in total. The minimum absolute atomic E-state index is 0.0839. The molecule has 10 heteroatoms. The SMILES string of the molecule is O=C(CN(c1ccc(F)cc1)S(=O)(=O)c1ccc2c(c1)OCCO2)Nc1ccc(Cc2ccncc2)cc1. The van der Waals surface area contributed by atoms with Crippen molar-refractivity contribution in [3.8, 4) is 11.5 Å². The molecule has 0 saturated carbocycles. The second kappa shape index (κ2) is 10.9. The standard InChI is InChI=1S/C28H24FN3O5S/c29-22-3-7-24(8-4-22)32(38(34,35)25-9-10-26-27(18-25)37-16-15-36-26)19-28(33)31-23-5-1-20(2-6-23)17-21-11-13-30-14-12-21/h1-14,18H,15-17,19H2,(H,31,33). The maximum Gasteiger partial charge on any atom is 0.264 e. The van der Waals surface area contributed by atoms with Gasteiger partial charge in [0.05, 0.1) is 10.6 Å². The van der Waals surface area contributed by atoms with E-state index in [-0.39, 0.29) is 10.6 Å². The molecule has 0 unspecified atom stereocenters. The summed E-state index contributed by atoms with van der Waals surface area (Å²) < 4.78 is 52.9. The molecule has 1 amide bonds. The fraction of sp³-hybridized carbons (Fsp3) is 0.143.